The van der Waals surface area contributed by atoms with Gasteiger partial charge >= 0.3 is 0 Å². The van der Waals surface area contributed by atoms with Gasteiger partial charge in [0.15, 0.2) is 0 Å². The average molecular weight is 188 g/mol. The first-order valence-corrected chi connectivity index (χ1v) is 4.24. The molecule has 1 unspecified atom stereocenters. The Morgan fingerprint density at radius 2 is 2.25 bits per heavy atom. The minimum atomic E-state index is -0.590. The molecule has 1 aliphatic heterocycles. The molecule has 2 N–H and O–H groups in total. The molecule has 1 aliphatic rings. The van der Waals surface area contributed by atoms with Gasteiger partial charge in [0, 0.05) is 6.54 Å². The summed E-state index contributed by atoms with van der Waals surface area (Å²) in [6.45, 7) is 3.28. The molecule has 0 aromatic carbocycles. The lowest BCUT2D eigenvalue weighted by Gasteiger charge is -2.19. The van der Waals surface area contributed by atoms with E-state index in [1.807, 2.05) is 6.92 Å². The number of carbonyl (C=O) groups excluding carboxylic acids is 2. The van der Waals surface area contributed by atoms with Crippen LogP contribution in [-0.4, -0.2) is 24.2 Å². The van der Waals surface area contributed by atoms with Crippen molar-refractivity contribution in [2.24, 2.45) is 5.41 Å². The normalized spacial score (nSPS) is 28.5. The number of nitrogens with one attached hydrogen (secondary N) is 2. The standard InChI is InChI=1S/C7H12N2O2S/c1-7(2-3-8-4-7)5(10)9-6(11)12/h8H,2-4H2,1H3,(H2,9,10,11,12). The maximum absolute atomic E-state index is 11.4. The van der Waals surface area contributed by atoms with Crippen LogP contribution in [0.4, 0.5) is 4.79 Å². The Morgan fingerprint density at radius 1 is 1.58 bits per heavy atom. The highest BCUT2D eigenvalue weighted by atomic mass is 32.1. The fraction of sp³-hybridized carbons (Fsp3) is 0.714. The summed E-state index contributed by atoms with van der Waals surface area (Å²) in [6, 6.07) is 0. The third-order valence-electron chi connectivity index (χ3n) is 2.14. The van der Waals surface area contributed by atoms with E-state index in [4.69, 9.17) is 0 Å². The van der Waals surface area contributed by atoms with Gasteiger partial charge in [0.05, 0.1) is 5.41 Å². The lowest BCUT2D eigenvalue weighted by Crippen LogP contribution is -2.41. The minimum Gasteiger partial charge on any atom is -0.316 e. The van der Waals surface area contributed by atoms with Gasteiger partial charge in [-0.2, -0.15) is 0 Å². The lowest BCUT2D eigenvalue weighted by molar-refractivity contribution is -0.127. The largest absolute Gasteiger partial charge is 0.316 e. The van der Waals surface area contributed by atoms with E-state index < -0.39 is 10.7 Å². The average Bonchev–Trinajstić information content (AvgIpc) is 2.36. The topological polar surface area (TPSA) is 58.2 Å². The SMILES string of the molecule is CC1(C(=O)NC(=O)S)CCNC1. The smallest absolute Gasteiger partial charge is 0.282 e. The second-order valence-electron chi connectivity index (χ2n) is 3.25. The Kier molecular flexibility index (Phi) is 2.74. The van der Waals surface area contributed by atoms with E-state index in [0.29, 0.717) is 6.54 Å². The van der Waals surface area contributed by atoms with Crippen molar-refractivity contribution in [3.05, 3.63) is 0 Å². The highest BCUT2D eigenvalue weighted by Crippen LogP contribution is 2.24. The van der Waals surface area contributed by atoms with Gasteiger partial charge in [-0.05, 0) is 19.9 Å². The van der Waals surface area contributed by atoms with Crippen LogP contribution in [0.25, 0.3) is 0 Å². The summed E-state index contributed by atoms with van der Waals surface area (Å²) in [5.41, 5.74) is -0.446. The molecule has 0 aliphatic carbocycles. The van der Waals surface area contributed by atoms with Crippen molar-refractivity contribution < 1.29 is 9.59 Å². The van der Waals surface area contributed by atoms with Crippen molar-refractivity contribution in [2.75, 3.05) is 13.1 Å². The number of thiol groups is 1. The lowest BCUT2D eigenvalue weighted by atomic mass is 9.89. The highest BCUT2D eigenvalue weighted by molar-refractivity contribution is 7.96. The second-order valence-corrected chi connectivity index (χ2v) is 3.65. The van der Waals surface area contributed by atoms with Gasteiger partial charge in [0.2, 0.25) is 5.91 Å². The first-order chi connectivity index (χ1) is 5.54. The molecule has 1 rings (SSSR count). The van der Waals surface area contributed by atoms with Crippen molar-refractivity contribution in [3.63, 3.8) is 0 Å². The minimum absolute atomic E-state index is 0.243. The van der Waals surface area contributed by atoms with Crippen LogP contribution in [0.3, 0.4) is 0 Å². The summed E-state index contributed by atoms with van der Waals surface area (Å²) in [7, 11) is 0. The molecule has 0 saturated carbocycles. The Hall–Kier alpha value is -0.550. The van der Waals surface area contributed by atoms with Crippen molar-refractivity contribution in [3.8, 4) is 0 Å². The fourth-order valence-corrected chi connectivity index (χ4v) is 1.36. The van der Waals surface area contributed by atoms with Crippen molar-refractivity contribution in [1.82, 2.24) is 10.6 Å². The quantitative estimate of drug-likeness (QED) is 0.513. The van der Waals surface area contributed by atoms with Gasteiger partial charge in [-0.1, -0.05) is 12.6 Å². The molecule has 0 aromatic heterocycles. The molecule has 0 bridgehead atoms. The van der Waals surface area contributed by atoms with E-state index >= 15 is 0 Å². The van der Waals surface area contributed by atoms with Crippen molar-refractivity contribution >= 4 is 23.8 Å². The highest BCUT2D eigenvalue weighted by Gasteiger charge is 2.36. The monoisotopic (exact) mass is 188 g/mol. The number of rotatable bonds is 1. The van der Waals surface area contributed by atoms with Gasteiger partial charge < -0.3 is 5.32 Å². The molecule has 0 radical (unpaired) electrons. The summed E-state index contributed by atoms with van der Waals surface area (Å²) in [4.78, 5) is 21.8. The van der Waals surface area contributed by atoms with E-state index in [0.717, 1.165) is 13.0 Å². The zero-order valence-electron chi connectivity index (χ0n) is 6.89. The summed E-state index contributed by atoms with van der Waals surface area (Å²) < 4.78 is 0. The Balaban J connectivity index is 2.56. The number of imide groups is 1. The van der Waals surface area contributed by atoms with E-state index in [2.05, 4.69) is 23.3 Å². The fourth-order valence-electron chi connectivity index (χ4n) is 1.26. The van der Waals surface area contributed by atoms with Gasteiger partial charge in [-0.25, -0.2) is 0 Å². The molecule has 12 heavy (non-hydrogen) atoms. The van der Waals surface area contributed by atoms with Crippen molar-refractivity contribution in [1.29, 1.82) is 0 Å². The molecular formula is C7H12N2O2S. The molecule has 1 fully saturated rings. The summed E-state index contributed by atoms with van der Waals surface area (Å²) in [5.74, 6) is -0.243. The summed E-state index contributed by atoms with van der Waals surface area (Å²) >= 11 is 3.48. The molecule has 1 heterocycles. The van der Waals surface area contributed by atoms with E-state index in [1.54, 1.807) is 0 Å². The van der Waals surface area contributed by atoms with Crippen LogP contribution in [0.1, 0.15) is 13.3 Å². The van der Waals surface area contributed by atoms with Crippen LogP contribution in [0.2, 0.25) is 0 Å². The van der Waals surface area contributed by atoms with Gasteiger partial charge in [0.1, 0.15) is 0 Å². The molecule has 1 saturated heterocycles. The summed E-state index contributed by atoms with van der Waals surface area (Å²) in [6.07, 6.45) is 0.764. The zero-order chi connectivity index (χ0) is 9.19. The van der Waals surface area contributed by atoms with Crippen molar-refractivity contribution in [2.45, 2.75) is 13.3 Å². The zero-order valence-corrected chi connectivity index (χ0v) is 7.78. The third kappa shape index (κ3) is 1.98. The van der Waals surface area contributed by atoms with E-state index in [9.17, 15) is 9.59 Å². The van der Waals surface area contributed by atoms with Crippen LogP contribution in [0, 0.1) is 5.41 Å². The number of hydrogen-bond acceptors (Lipinski definition) is 3. The predicted molar refractivity (Wildman–Crippen MR) is 48.1 cm³/mol. The maximum atomic E-state index is 11.4. The van der Waals surface area contributed by atoms with Crippen LogP contribution < -0.4 is 10.6 Å². The van der Waals surface area contributed by atoms with Gasteiger partial charge in [-0.3, -0.25) is 14.9 Å². The number of hydrogen-bond donors (Lipinski definition) is 3. The Morgan fingerprint density at radius 3 is 2.67 bits per heavy atom. The van der Waals surface area contributed by atoms with E-state index in [1.165, 1.54) is 0 Å². The Labute approximate surface area is 76.5 Å². The van der Waals surface area contributed by atoms with Crippen LogP contribution in [-0.2, 0) is 4.79 Å². The second kappa shape index (κ2) is 3.45. The molecule has 5 heteroatoms. The first-order valence-electron chi connectivity index (χ1n) is 3.80. The molecule has 68 valence electrons. The molecule has 2 amide bonds. The van der Waals surface area contributed by atoms with E-state index in [-0.39, 0.29) is 5.91 Å². The summed E-state index contributed by atoms with van der Waals surface area (Å²) in [5, 5.41) is 4.65. The van der Waals surface area contributed by atoms with Gasteiger partial charge in [-0.15, -0.1) is 0 Å². The number of carbonyl (C=O) groups is 2. The van der Waals surface area contributed by atoms with Crippen LogP contribution in [0.5, 0.6) is 0 Å². The maximum Gasteiger partial charge on any atom is 0.282 e. The van der Waals surface area contributed by atoms with Crippen LogP contribution in [0.15, 0.2) is 0 Å². The third-order valence-corrected chi connectivity index (χ3v) is 2.25. The first kappa shape index (κ1) is 9.54. The van der Waals surface area contributed by atoms with Crippen LogP contribution >= 0.6 is 12.6 Å². The Bertz CT molecular complexity index is 211. The molecule has 4 nitrogen and oxygen atoms in total. The molecular weight excluding hydrogens is 176 g/mol. The molecule has 0 spiro atoms. The predicted octanol–water partition coefficient (Wildman–Crippen LogP) is 0.152. The van der Waals surface area contributed by atoms with Gasteiger partial charge in [0.25, 0.3) is 5.24 Å². The number of amides is 2. The molecule has 1 atom stereocenters. The molecule has 0 aromatic rings.